The molecule has 1 aromatic rings. The number of nitrogens with one attached hydrogen (secondary N) is 1. The van der Waals surface area contributed by atoms with E-state index < -0.39 is 0 Å². The van der Waals surface area contributed by atoms with E-state index in [4.69, 9.17) is 4.74 Å². The van der Waals surface area contributed by atoms with Gasteiger partial charge in [0, 0.05) is 14.2 Å². The second-order valence-corrected chi connectivity index (χ2v) is 6.31. The Labute approximate surface area is 123 Å². The fourth-order valence-corrected chi connectivity index (χ4v) is 3.71. The third kappa shape index (κ3) is 2.71. The Morgan fingerprint density at radius 2 is 2.11 bits per heavy atom. The number of aryl methyl sites for hydroxylation is 1. The summed E-state index contributed by atoms with van der Waals surface area (Å²) in [6.45, 7) is 2.31. The maximum Gasteiger partial charge on any atom is 0.153 e. The van der Waals surface area contributed by atoms with Gasteiger partial charge in [0.15, 0.2) is 4.60 Å². The lowest BCUT2D eigenvalue weighted by Crippen LogP contribution is -2.47. The molecular formula is C13H23BrN4O. The molecule has 0 radical (unpaired) electrons. The van der Waals surface area contributed by atoms with Crippen LogP contribution < -0.4 is 5.32 Å². The lowest BCUT2D eigenvalue weighted by Gasteiger charge is -2.43. The van der Waals surface area contributed by atoms with Crippen LogP contribution in [0.4, 0.5) is 0 Å². The summed E-state index contributed by atoms with van der Waals surface area (Å²) in [5.74, 6) is 0.786. The maximum absolute atomic E-state index is 5.96. The van der Waals surface area contributed by atoms with Gasteiger partial charge in [0.2, 0.25) is 0 Å². The normalized spacial score (nSPS) is 29.4. The standard InChI is InChI=1S/C13H23BrN4O/c1-9-5-7-13(19-4,8-6-9)11(15-2)10-12(14)16-17-18(10)3/h9,11,15H,5-8H2,1-4H3. The van der Waals surface area contributed by atoms with E-state index in [-0.39, 0.29) is 11.6 Å². The molecule has 1 aromatic heterocycles. The van der Waals surface area contributed by atoms with Crippen LogP contribution in [0.2, 0.25) is 0 Å². The van der Waals surface area contributed by atoms with Gasteiger partial charge >= 0.3 is 0 Å². The van der Waals surface area contributed by atoms with E-state index in [0.717, 1.165) is 29.1 Å². The molecule has 2 rings (SSSR count). The number of ether oxygens (including phenoxy) is 1. The molecule has 108 valence electrons. The lowest BCUT2D eigenvalue weighted by atomic mass is 9.74. The quantitative estimate of drug-likeness (QED) is 0.921. The molecule has 1 saturated carbocycles. The van der Waals surface area contributed by atoms with Crippen LogP contribution in [0.25, 0.3) is 0 Å². The minimum atomic E-state index is -0.167. The molecule has 6 heteroatoms. The summed E-state index contributed by atoms with van der Waals surface area (Å²) in [6, 6.07) is 0.0966. The topological polar surface area (TPSA) is 52.0 Å². The van der Waals surface area contributed by atoms with Gasteiger partial charge in [-0.3, -0.25) is 0 Å². The Kier molecular flexibility index (Phi) is 4.63. The zero-order valence-electron chi connectivity index (χ0n) is 12.1. The minimum absolute atomic E-state index is 0.0966. The number of aromatic nitrogens is 3. The molecule has 0 spiro atoms. The predicted octanol–water partition coefficient (Wildman–Crippen LogP) is 2.43. The Bertz CT molecular complexity index is 407. The van der Waals surface area contributed by atoms with Gasteiger partial charge in [-0.25, -0.2) is 4.68 Å². The SMILES string of the molecule is CNC(c1c(Br)nnn1C)C1(OC)CCC(C)CC1. The Morgan fingerprint density at radius 3 is 2.53 bits per heavy atom. The largest absolute Gasteiger partial charge is 0.376 e. The molecule has 0 amide bonds. The first kappa shape index (κ1) is 14.9. The highest BCUT2D eigenvalue weighted by atomic mass is 79.9. The third-order valence-electron chi connectivity index (χ3n) is 4.44. The van der Waals surface area contributed by atoms with E-state index in [1.807, 2.05) is 25.9 Å². The molecule has 0 saturated heterocycles. The number of hydrogen-bond donors (Lipinski definition) is 1. The monoisotopic (exact) mass is 330 g/mol. The summed E-state index contributed by atoms with van der Waals surface area (Å²) >= 11 is 3.50. The molecule has 5 nitrogen and oxygen atoms in total. The summed E-state index contributed by atoms with van der Waals surface area (Å²) in [5.41, 5.74) is 0.887. The van der Waals surface area contributed by atoms with Crippen LogP contribution in [0, 0.1) is 5.92 Å². The first-order valence-corrected chi connectivity index (χ1v) is 7.61. The van der Waals surface area contributed by atoms with E-state index >= 15 is 0 Å². The summed E-state index contributed by atoms with van der Waals surface area (Å²) in [6.07, 6.45) is 4.53. The molecule has 19 heavy (non-hydrogen) atoms. The van der Waals surface area contributed by atoms with Crippen molar-refractivity contribution in [3.8, 4) is 0 Å². The van der Waals surface area contributed by atoms with Gasteiger partial charge in [-0.2, -0.15) is 0 Å². The highest BCUT2D eigenvalue weighted by Gasteiger charge is 2.43. The van der Waals surface area contributed by atoms with Gasteiger partial charge in [-0.05, 0) is 54.6 Å². The summed E-state index contributed by atoms with van der Waals surface area (Å²) in [7, 11) is 5.72. The average molecular weight is 331 g/mol. The third-order valence-corrected chi connectivity index (χ3v) is 5.01. The van der Waals surface area contributed by atoms with Crippen LogP contribution in [0.15, 0.2) is 4.60 Å². The molecule has 1 aliphatic carbocycles. The predicted molar refractivity (Wildman–Crippen MR) is 77.9 cm³/mol. The van der Waals surface area contributed by atoms with Crippen molar-refractivity contribution in [1.29, 1.82) is 0 Å². The Hall–Kier alpha value is -0.460. The summed E-state index contributed by atoms with van der Waals surface area (Å²) in [4.78, 5) is 0. The van der Waals surface area contributed by atoms with Crippen molar-refractivity contribution in [2.24, 2.45) is 13.0 Å². The van der Waals surface area contributed by atoms with Crippen LogP contribution in [-0.2, 0) is 11.8 Å². The Balaban J connectivity index is 2.34. The number of methoxy groups -OCH3 is 1. The molecule has 1 atom stereocenters. The number of nitrogens with zero attached hydrogens (tertiary/aromatic N) is 3. The van der Waals surface area contributed by atoms with Gasteiger partial charge in [-0.15, -0.1) is 5.10 Å². The summed E-state index contributed by atoms with van der Waals surface area (Å²) < 4.78 is 8.58. The minimum Gasteiger partial charge on any atom is -0.376 e. The van der Waals surface area contributed by atoms with E-state index in [1.165, 1.54) is 12.8 Å². The number of halogens is 1. The van der Waals surface area contributed by atoms with Gasteiger partial charge in [0.05, 0.1) is 17.3 Å². The van der Waals surface area contributed by atoms with Crippen LogP contribution in [0.5, 0.6) is 0 Å². The highest BCUT2D eigenvalue weighted by Crippen LogP contribution is 2.43. The molecule has 1 heterocycles. The number of rotatable bonds is 4. The average Bonchev–Trinajstić information content (AvgIpc) is 2.74. The van der Waals surface area contributed by atoms with Crippen LogP contribution in [0.1, 0.15) is 44.3 Å². The van der Waals surface area contributed by atoms with Gasteiger partial charge in [0.25, 0.3) is 0 Å². The van der Waals surface area contributed by atoms with Crippen molar-refractivity contribution in [2.45, 2.75) is 44.2 Å². The van der Waals surface area contributed by atoms with E-state index in [0.29, 0.717) is 0 Å². The second kappa shape index (κ2) is 5.89. The van der Waals surface area contributed by atoms with E-state index in [2.05, 4.69) is 38.5 Å². The van der Waals surface area contributed by atoms with Crippen molar-refractivity contribution in [3.63, 3.8) is 0 Å². The smallest absolute Gasteiger partial charge is 0.153 e. The van der Waals surface area contributed by atoms with Crippen molar-refractivity contribution in [2.75, 3.05) is 14.2 Å². The van der Waals surface area contributed by atoms with Crippen molar-refractivity contribution in [3.05, 3.63) is 10.3 Å². The van der Waals surface area contributed by atoms with Crippen LogP contribution in [-0.4, -0.2) is 34.8 Å². The first-order valence-electron chi connectivity index (χ1n) is 6.81. The molecule has 0 aromatic carbocycles. The van der Waals surface area contributed by atoms with Crippen LogP contribution >= 0.6 is 15.9 Å². The molecular weight excluding hydrogens is 308 g/mol. The lowest BCUT2D eigenvalue weighted by molar-refractivity contribution is -0.0763. The molecule has 1 fully saturated rings. The van der Waals surface area contributed by atoms with Crippen LogP contribution in [0.3, 0.4) is 0 Å². The zero-order valence-corrected chi connectivity index (χ0v) is 13.7. The van der Waals surface area contributed by atoms with E-state index in [9.17, 15) is 0 Å². The maximum atomic E-state index is 5.96. The van der Waals surface area contributed by atoms with Gasteiger partial charge in [0.1, 0.15) is 0 Å². The van der Waals surface area contributed by atoms with Gasteiger partial charge < -0.3 is 10.1 Å². The molecule has 0 aliphatic heterocycles. The fourth-order valence-electron chi connectivity index (χ4n) is 3.16. The number of hydrogen-bond acceptors (Lipinski definition) is 4. The van der Waals surface area contributed by atoms with Crippen molar-refractivity contribution in [1.82, 2.24) is 20.3 Å². The fraction of sp³-hybridized carbons (Fsp3) is 0.846. The molecule has 1 N–H and O–H groups in total. The van der Waals surface area contributed by atoms with Crippen molar-refractivity contribution >= 4 is 15.9 Å². The molecule has 1 unspecified atom stereocenters. The molecule has 0 bridgehead atoms. The Morgan fingerprint density at radius 1 is 1.47 bits per heavy atom. The van der Waals surface area contributed by atoms with Crippen molar-refractivity contribution < 1.29 is 4.74 Å². The molecule has 1 aliphatic rings. The van der Waals surface area contributed by atoms with E-state index in [1.54, 1.807) is 0 Å². The first-order chi connectivity index (χ1) is 9.04. The highest BCUT2D eigenvalue weighted by molar-refractivity contribution is 9.10. The zero-order chi connectivity index (χ0) is 14.0. The number of likely N-dealkylation sites (N-methyl/N-ethyl adjacent to an activating group) is 1. The van der Waals surface area contributed by atoms with Gasteiger partial charge in [-0.1, -0.05) is 12.1 Å². The summed E-state index contributed by atoms with van der Waals surface area (Å²) in [5, 5.41) is 11.6. The second-order valence-electron chi connectivity index (χ2n) is 5.56.